The normalized spacial score (nSPS) is 14.0. The average molecular weight is 564 g/mol. The summed E-state index contributed by atoms with van der Waals surface area (Å²) >= 11 is 0. The molecular formula is C36H41N3O3. The first-order valence-electron chi connectivity index (χ1n) is 14.5. The SMILES string of the molecule is Cc1ccc([C@@H](C)NC(=O)c2cccc(C(=O)N[C@@H](Cc3ccccc3)[C@H](O)CN(C)[C@@H](C)c3ccccc3)c2)cc1. The number of nitrogens with zero attached hydrogens (tertiary/aromatic N) is 1. The summed E-state index contributed by atoms with van der Waals surface area (Å²) in [5, 5.41) is 17.5. The number of likely N-dealkylation sites (N-methyl/N-ethyl adjacent to an activating group) is 1. The van der Waals surface area contributed by atoms with Gasteiger partial charge >= 0.3 is 0 Å². The highest BCUT2D eigenvalue weighted by atomic mass is 16.3. The van der Waals surface area contributed by atoms with Crippen LogP contribution in [0.15, 0.2) is 109 Å². The van der Waals surface area contributed by atoms with Crippen LogP contribution in [0.1, 0.15) is 68.9 Å². The molecule has 0 spiro atoms. The van der Waals surface area contributed by atoms with Crippen molar-refractivity contribution in [3.05, 3.63) is 143 Å². The third-order valence-electron chi connectivity index (χ3n) is 7.81. The molecule has 0 heterocycles. The zero-order valence-electron chi connectivity index (χ0n) is 24.8. The molecule has 4 rings (SSSR count). The molecule has 4 aromatic carbocycles. The lowest BCUT2D eigenvalue weighted by molar-refractivity contribution is 0.0656. The number of aryl methyl sites for hydroxylation is 1. The van der Waals surface area contributed by atoms with Gasteiger partial charge in [0.15, 0.2) is 0 Å². The number of hydrogen-bond acceptors (Lipinski definition) is 4. The molecule has 0 unspecified atom stereocenters. The number of carbonyl (C=O) groups is 2. The molecule has 218 valence electrons. The molecule has 0 aliphatic heterocycles. The van der Waals surface area contributed by atoms with Gasteiger partial charge in [-0.2, -0.15) is 0 Å². The molecule has 4 aromatic rings. The lowest BCUT2D eigenvalue weighted by atomic mass is 9.99. The molecule has 0 fully saturated rings. The number of nitrogens with one attached hydrogen (secondary N) is 2. The van der Waals surface area contributed by atoms with Crippen molar-refractivity contribution in [1.29, 1.82) is 0 Å². The lowest BCUT2D eigenvalue weighted by Crippen LogP contribution is -2.49. The summed E-state index contributed by atoms with van der Waals surface area (Å²) in [7, 11) is 1.97. The Morgan fingerprint density at radius 2 is 1.31 bits per heavy atom. The Labute approximate surface area is 249 Å². The van der Waals surface area contributed by atoms with Crippen molar-refractivity contribution >= 4 is 11.8 Å². The first kappa shape index (κ1) is 30.7. The molecule has 42 heavy (non-hydrogen) atoms. The predicted molar refractivity (Wildman–Crippen MR) is 168 cm³/mol. The van der Waals surface area contributed by atoms with E-state index in [1.54, 1.807) is 24.3 Å². The molecule has 0 saturated heterocycles. The summed E-state index contributed by atoms with van der Waals surface area (Å²) in [5.41, 5.74) is 5.10. The van der Waals surface area contributed by atoms with E-state index in [0.29, 0.717) is 24.1 Å². The van der Waals surface area contributed by atoms with Gasteiger partial charge in [0, 0.05) is 23.7 Å². The number of carbonyl (C=O) groups excluding carboxylic acids is 2. The van der Waals surface area contributed by atoms with E-state index >= 15 is 0 Å². The zero-order valence-corrected chi connectivity index (χ0v) is 24.8. The molecule has 0 aliphatic carbocycles. The third kappa shape index (κ3) is 8.38. The Kier molecular flexibility index (Phi) is 10.7. The van der Waals surface area contributed by atoms with Gasteiger partial charge in [0.05, 0.1) is 18.2 Å². The summed E-state index contributed by atoms with van der Waals surface area (Å²) in [5.74, 6) is -0.593. The van der Waals surface area contributed by atoms with Crippen molar-refractivity contribution in [2.75, 3.05) is 13.6 Å². The van der Waals surface area contributed by atoms with Crippen LogP contribution in [0, 0.1) is 6.92 Å². The van der Waals surface area contributed by atoms with Crippen molar-refractivity contribution in [1.82, 2.24) is 15.5 Å². The van der Waals surface area contributed by atoms with Crippen LogP contribution < -0.4 is 10.6 Å². The minimum atomic E-state index is -0.827. The number of rotatable bonds is 12. The van der Waals surface area contributed by atoms with E-state index in [2.05, 4.69) is 34.6 Å². The van der Waals surface area contributed by atoms with Crippen LogP contribution in [0.2, 0.25) is 0 Å². The minimum absolute atomic E-state index is 0.0893. The Hall–Kier alpha value is -4.26. The maximum Gasteiger partial charge on any atom is 0.251 e. The maximum atomic E-state index is 13.5. The summed E-state index contributed by atoms with van der Waals surface area (Å²) in [6.45, 7) is 6.43. The van der Waals surface area contributed by atoms with Gasteiger partial charge in [-0.05, 0) is 69.1 Å². The van der Waals surface area contributed by atoms with Crippen molar-refractivity contribution in [3.8, 4) is 0 Å². The van der Waals surface area contributed by atoms with Crippen LogP contribution in [0.5, 0.6) is 0 Å². The van der Waals surface area contributed by atoms with Crippen LogP contribution in [0.25, 0.3) is 0 Å². The average Bonchev–Trinajstić information content (AvgIpc) is 3.01. The zero-order chi connectivity index (χ0) is 30.1. The second-order valence-corrected chi connectivity index (χ2v) is 11.0. The van der Waals surface area contributed by atoms with E-state index < -0.39 is 12.1 Å². The van der Waals surface area contributed by atoms with Gasteiger partial charge < -0.3 is 15.7 Å². The van der Waals surface area contributed by atoms with E-state index in [4.69, 9.17) is 0 Å². The Bertz CT molecular complexity index is 1440. The largest absolute Gasteiger partial charge is 0.390 e. The van der Waals surface area contributed by atoms with Crippen molar-refractivity contribution in [3.63, 3.8) is 0 Å². The fourth-order valence-corrected chi connectivity index (χ4v) is 4.99. The fraction of sp³-hybridized carbons (Fsp3) is 0.278. The van der Waals surface area contributed by atoms with E-state index in [1.165, 1.54) is 0 Å². The van der Waals surface area contributed by atoms with E-state index in [1.807, 2.05) is 93.7 Å². The molecule has 0 aromatic heterocycles. The molecular weight excluding hydrogens is 522 g/mol. The van der Waals surface area contributed by atoms with Gasteiger partial charge in [-0.25, -0.2) is 0 Å². The molecule has 6 heteroatoms. The quantitative estimate of drug-likeness (QED) is 0.201. The monoisotopic (exact) mass is 563 g/mol. The van der Waals surface area contributed by atoms with Crippen molar-refractivity contribution in [2.24, 2.45) is 0 Å². The third-order valence-corrected chi connectivity index (χ3v) is 7.81. The van der Waals surface area contributed by atoms with E-state index in [0.717, 1.165) is 22.3 Å². The number of amides is 2. The Morgan fingerprint density at radius 1 is 0.738 bits per heavy atom. The first-order chi connectivity index (χ1) is 20.2. The van der Waals surface area contributed by atoms with Gasteiger partial charge in [0.1, 0.15) is 0 Å². The van der Waals surface area contributed by atoms with Gasteiger partial charge in [0.25, 0.3) is 11.8 Å². The van der Waals surface area contributed by atoms with E-state index in [9.17, 15) is 14.7 Å². The highest BCUT2D eigenvalue weighted by molar-refractivity contribution is 5.99. The second-order valence-electron chi connectivity index (χ2n) is 11.0. The Morgan fingerprint density at radius 3 is 1.93 bits per heavy atom. The van der Waals surface area contributed by atoms with Gasteiger partial charge in [-0.3, -0.25) is 14.5 Å². The topological polar surface area (TPSA) is 81.7 Å². The van der Waals surface area contributed by atoms with Gasteiger partial charge in [0.2, 0.25) is 0 Å². The smallest absolute Gasteiger partial charge is 0.251 e. The number of benzene rings is 4. The second kappa shape index (κ2) is 14.6. The molecule has 6 nitrogen and oxygen atoms in total. The first-order valence-corrected chi connectivity index (χ1v) is 14.5. The number of aliphatic hydroxyl groups excluding tert-OH is 1. The van der Waals surface area contributed by atoms with Crippen LogP contribution in [-0.4, -0.2) is 47.6 Å². The van der Waals surface area contributed by atoms with Crippen molar-refractivity contribution < 1.29 is 14.7 Å². The summed E-state index contributed by atoms with van der Waals surface area (Å²) in [6, 6.07) is 34.0. The minimum Gasteiger partial charge on any atom is -0.390 e. The maximum absolute atomic E-state index is 13.5. The predicted octanol–water partition coefficient (Wildman–Crippen LogP) is 5.88. The van der Waals surface area contributed by atoms with Gasteiger partial charge in [-0.1, -0.05) is 96.6 Å². The van der Waals surface area contributed by atoms with Crippen molar-refractivity contribution in [2.45, 2.75) is 51.4 Å². The number of aliphatic hydroxyl groups is 1. The molecule has 0 bridgehead atoms. The highest BCUT2D eigenvalue weighted by Gasteiger charge is 2.26. The molecule has 3 N–H and O–H groups in total. The highest BCUT2D eigenvalue weighted by Crippen LogP contribution is 2.20. The standard InChI is InChI=1S/C36H41N3O3/c1-25-18-20-29(21-19-25)26(2)37-35(41)31-16-11-17-32(23-31)36(42)38-33(22-28-12-7-5-8-13-28)34(40)24-39(4)27(3)30-14-9-6-10-15-30/h5-21,23,26-27,33-34,40H,22,24H2,1-4H3,(H,37,41)(H,38,42)/t26-,27+,33+,34-/m1/s1. The molecule has 2 amide bonds. The molecule has 0 aliphatic rings. The van der Waals surface area contributed by atoms with Gasteiger partial charge in [-0.15, -0.1) is 0 Å². The van der Waals surface area contributed by atoms with Crippen LogP contribution in [0.4, 0.5) is 0 Å². The fourth-order valence-electron chi connectivity index (χ4n) is 4.99. The summed E-state index contributed by atoms with van der Waals surface area (Å²) < 4.78 is 0. The summed E-state index contributed by atoms with van der Waals surface area (Å²) in [6.07, 6.45) is -0.359. The van der Waals surface area contributed by atoms with Crippen LogP contribution in [-0.2, 0) is 6.42 Å². The van der Waals surface area contributed by atoms with Crippen LogP contribution in [0.3, 0.4) is 0 Å². The molecule has 4 atom stereocenters. The van der Waals surface area contributed by atoms with E-state index in [-0.39, 0.29) is 23.9 Å². The summed E-state index contributed by atoms with van der Waals surface area (Å²) in [4.78, 5) is 28.6. The lowest BCUT2D eigenvalue weighted by Gasteiger charge is -2.31. The number of hydrogen-bond donors (Lipinski definition) is 3. The van der Waals surface area contributed by atoms with Crippen LogP contribution >= 0.6 is 0 Å². The Balaban J connectivity index is 1.46. The molecule has 0 saturated carbocycles. The molecule has 0 radical (unpaired) electrons.